The molecule has 1 radical (unpaired) electrons. The van der Waals surface area contributed by atoms with E-state index in [9.17, 15) is 9.59 Å². The summed E-state index contributed by atoms with van der Waals surface area (Å²) in [5.41, 5.74) is 0. The fourth-order valence-corrected chi connectivity index (χ4v) is 1.08. The number of carbonyl (C=O) groups is 2. The Morgan fingerprint density at radius 3 is 1.62 bits per heavy atom. The summed E-state index contributed by atoms with van der Waals surface area (Å²) in [4.78, 5) is 19.8. The maximum atomic E-state index is 9.91. The summed E-state index contributed by atoms with van der Waals surface area (Å²) in [5.74, 6) is -1.67. The normalized spacial score (nSPS) is 16.5. The van der Waals surface area contributed by atoms with E-state index in [4.69, 9.17) is 0 Å². The number of rotatable bonds is 0. The fourth-order valence-electron chi connectivity index (χ4n) is 0.161. The first-order valence-electron chi connectivity index (χ1n) is 1.43. The molecular formula is C2H2O5Sb. The van der Waals surface area contributed by atoms with Crippen molar-refractivity contribution in [2.45, 2.75) is 0 Å². The van der Waals surface area contributed by atoms with E-state index in [2.05, 4.69) is 6.03 Å². The monoisotopic (exact) mass is 227 g/mol. The van der Waals surface area contributed by atoms with Crippen molar-refractivity contribution in [1.82, 2.24) is 0 Å². The average molecular weight is 228 g/mol. The predicted octanol–water partition coefficient (Wildman–Crippen LogP) is -2.20. The zero-order valence-corrected chi connectivity index (χ0v) is 6.13. The molecule has 0 unspecified atom stereocenters. The maximum absolute atomic E-state index is 9.91. The van der Waals surface area contributed by atoms with Gasteiger partial charge in [0.25, 0.3) is 0 Å². The molecule has 1 fully saturated rings. The Balaban J connectivity index is 0.000000490. The minimum atomic E-state index is -1.33. The number of carbonyl (C=O) groups excluding carboxylic acids is 2. The molecule has 1 aliphatic rings. The van der Waals surface area contributed by atoms with Crippen LogP contribution < -0.4 is 0 Å². The summed E-state index contributed by atoms with van der Waals surface area (Å²) in [5, 5.41) is 0. The topological polar surface area (TPSA) is 84.1 Å². The molecule has 0 amide bonds. The van der Waals surface area contributed by atoms with E-state index in [-0.39, 0.29) is 5.48 Å². The molecule has 0 aliphatic carbocycles. The second kappa shape index (κ2) is 2.89. The van der Waals surface area contributed by atoms with Crippen LogP contribution in [0.2, 0.25) is 0 Å². The molecule has 0 aromatic rings. The molecule has 0 saturated carbocycles. The average Bonchev–Trinajstić information content (AvgIpc) is 1.91. The van der Waals surface area contributed by atoms with Crippen LogP contribution in [0.1, 0.15) is 0 Å². The Morgan fingerprint density at radius 2 is 1.50 bits per heavy atom. The van der Waals surface area contributed by atoms with Gasteiger partial charge in [-0.3, -0.25) is 0 Å². The Hall–Kier alpha value is -0.282. The van der Waals surface area contributed by atoms with Crippen LogP contribution in [-0.2, 0) is 15.6 Å². The third-order valence-corrected chi connectivity index (χ3v) is 1.78. The van der Waals surface area contributed by atoms with E-state index in [1.165, 1.54) is 0 Å². The van der Waals surface area contributed by atoms with E-state index in [0.29, 0.717) is 0 Å². The van der Waals surface area contributed by atoms with Crippen molar-refractivity contribution in [2.75, 3.05) is 0 Å². The molecule has 1 aliphatic heterocycles. The molecule has 6 heteroatoms. The van der Waals surface area contributed by atoms with Gasteiger partial charge >= 0.3 is 50.0 Å². The summed E-state index contributed by atoms with van der Waals surface area (Å²) >= 11 is -1.33. The molecule has 8 heavy (non-hydrogen) atoms. The van der Waals surface area contributed by atoms with Gasteiger partial charge in [0.1, 0.15) is 0 Å². The van der Waals surface area contributed by atoms with E-state index in [0.717, 1.165) is 0 Å². The zero-order valence-electron chi connectivity index (χ0n) is 3.58. The molecule has 0 bridgehead atoms. The predicted molar refractivity (Wildman–Crippen MR) is 21.6 cm³/mol. The van der Waals surface area contributed by atoms with Gasteiger partial charge in [0.05, 0.1) is 0 Å². The third-order valence-electron chi connectivity index (χ3n) is 0.407. The van der Waals surface area contributed by atoms with Crippen LogP contribution in [0, 0.1) is 0 Å². The van der Waals surface area contributed by atoms with Gasteiger partial charge in [-0.25, -0.2) is 0 Å². The van der Waals surface area contributed by atoms with Crippen LogP contribution >= 0.6 is 0 Å². The molecule has 0 atom stereocenters. The van der Waals surface area contributed by atoms with Crippen molar-refractivity contribution in [3.63, 3.8) is 0 Å². The van der Waals surface area contributed by atoms with Crippen LogP contribution in [0.5, 0.6) is 0 Å². The molecule has 5 nitrogen and oxygen atoms in total. The number of hydrogen-bond acceptors (Lipinski definition) is 4. The molecular weight excluding hydrogens is 226 g/mol. The summed E-state index contributed by atoms with van der Waals surface area (Å²) in [6.45, 7) is 0. The van der Waals surface area contributed by atoms with E-state index < -0.39 is 34.4 Å². The third kappa shape index (κ3) is 1.35. The van der Waals surface area contributed by atoms with Crippen molar-refractivity contribution in [2.24, 2.45) is 0 Å². The van der Waals surface area contributed by atoms with Crippen LogP contribution in [0.4, 0.5) is 0 Å². The summed E-state index contributed by atoms with van der Waals surface area (Å²) in [6.07, 6.45) is 0. The van der Waals surface area contributed by atoms with Crippen molar-refractivity contribution in [3.8, 4) is 0 Å². The van der Waals surface area contributed by atoms with E-state index in [1.54, 1.807) is 0 Å². The molecule has 0 spiro atoms. The SMILES string of the molecule is O.O=C1[O][Sb][O]C1=O. The van der Waals surface area contributed by atoms with E-state index in [1.807, 2.05) is 0 Å². The van der Waals surface area contributed by atoms with Gasteiger partial charge in [-0.1, -0.05) is 0 Å². The quantitative estimate of drug-likeness (QED) is 0.347. The van der Waals surface area contributed by atoms with Gasteiger partial charge in [-0.15, -0.1) is 0 Å². The Morgan fingerprint density at radius 1 is 1.12 bits per heavy atom. The second-order valence-corrected chi connectivity index (χ2v) is 2.30. The van der Waals surface area contributed by atoms with Crippen LogP contribution in [0.25, 0.3) is 0 Å². The van der Waals surface area contributed by atoms with Gasteiger partial charge in [0.15, 0.2) is 0 Å². The van der Waals surface area contributed by atoms with Gasteiger partial charge in [0, 0.05) is 0 Å². The van der Waals surface area contributed by atoms with Crippen molar-refractivity contribution in [1.29, 1.82) is 0 Å². The fraction of sp³-hybridized carbons (Fsp3) is 0. The van der Waals surface area contributed by atoms with Gasteiger partial charge in [0.2, 0.25) is 0 Å². The van der Waals surface area contributed by atoms with Crippen LogP contribution in [0.3, 0.4) is 0 Å². The molecule has 1 heterocycles. The first-order valence-corrected chi connectivity index (χ1v) is 3.52. The van der Waals surface area contributed by atoms with Crippen molar-refractivity contribution >= 4 is 34.4 Å². The second-order valence-electron chi connectivity index (χ2n) is 0.832. The van der Waals surface area contributed by atoms with Crippen molar-refractivity contribution in [3.05, 3.63) is 0 Å². The van der Waals surface area contributed by atoms with Gasteiger partial charge in [-0.05, 0) is 0 Å². The standard InChI is InChI=1S/C2H2O4.H2O.Sb/c3-1(4)2(5)6;;/h(H,3,4)(H,5,6);1H2;/q;;+2/p-2. The van der Waals surface area contributed by atoms with Gasteiger partial charge in [-0.2, -0.15) is 0 Å². The van der Waals surface area contributed by atoms with Crippen molar-refractivity contribution < 1.29 is 21.1 Å². The number of hydrogen-bond donors (Lipinski definition) is 0. The van der Waals surface area contributed by atoms with E-state index >= 15 is 0 Å². The van der Waals surface area contributed by atoms with Gasteiger partial charge < -0.3 is 5.48 Å². The Labute approximate surface area is 55.9 Å². The van der Waals surface area contributed by atoms with Crippen LogP contribution in [-0.4, -0.2) is 39.9 Å². The zero-order chi connectivity index (χ0) is 5.28. The molecule has 0 aromatic carbocycles. The summed E-state index contributed by atoms with van der Waals surface area (Å²) in [7, 11) is 0. The van der Waals surface area contributed by atoms with Crippen LogP contribution in [0.15, 0.2) is 0 Å². The molecule has 1 rings (SSSR count). The summed E-state index contributed by atoms with van der Waals surface area (Å²) < 4.78 is 8.41. The molecule has 45 valence electrons. The molecule has 2 N–H and O–H groups in total. The minimum absolute atomic E-state index is 0. The Bertz CT molecular complexity index is 106. The molecule has 1 saturated heterocycles. The first-order chi connectivity index (χ1) is 3.30. The first kappa shape index (κ1) is 7.72. The molecule has 0 aromatic heterocycles. The Kier molecular flexibility index (Phi) is 2.79. The summed E-state index contributed by atoms with van der Waals surface area (Å²) in [6, 6.07) is 0.